The maximum Gasteiger partial charge on any atom is 0.147 e. The van der Waals surface area contributed by atoms with Crippen LogP contribution in [0.3, 0.4) is 0 Å². The molecule has 2 rings (SSSR count). The summed E-state index contributed by atoms with van der Waals surface area (Å²) in [7, 11) is 1.45. The number of benzene rings is 1. The van der Waals surface area contributed by atoms with Crippen LogP contribution in [0.2, 0.25) is 0 Å². The average Bonchev–Trinajstić information content (AvgIpc) is 2.27. The van der Waals surface area contributed by atoms with Crippen molar-refractivity contribution in [1.82, 2.24) is 4.98 Å². The summed E-state index contributed by atoms with van der Waals surface area (Å²) in [5.41, 5.74) is 1.68. The number of hydrogen-bond acceptors (Lipinski definition) is 3. The maximum absolute atomic E-state index is 13.3. The van der Waals surface area contributed by atoms with Crippen LogP contribution in [0.25, 0.3) is 10.9 Å². The number of hydrogen-bond donors (Lipinski definition) is 0. The molecule has 0 spiro atoms. The fourth-order valence-corrected chi connectivity index (χ4v) is 1.71. The molecular weight excluding hydrogens is 207 g/mol. The van der Waals surface area contributed by atoms with E-state index in [1.54, 1.807) is 6.92 Å². The number of halogens is 1. The highest BCUT2D eigenvalue weighted by molar-refractivity contribution is 5.89. The molecule has 3 nitrogen and oxygen atoms in total. The van der Waals surface area contributed by atoms with E-state index in [1.807, 2.05) is 6.07 Å². The molecule has 1 aromatic carbocycles. The predicted molar refractivity (Wildman–Crippen MR) is 57.7 cm³/mol. The van der Waals surface area contributed by atoms with E-state index in [1.165, 1.54) is 25.4 Å². The molecule has 0 aliphatic carbocycles. The maximum atomic E-state index is 13.3. The van der Waals surface area contributed by atoms with Gasteiger partial charge in [0, 0.05) is 11.6 Å². The Balaban J connectivity index is 2.93. The third-order valence-electron chi connectivity index (χ3n) is 2.40. The van der Waals surface area contributed by atoms with E-state index in [2.05, 4.69) is 4.98 Å². The van der Waals surface area contributed by atoms with Crippen LogP contribution in [0.1, 0.15) is 11.1 Å². The highest BCUT2D eigenvalue weighted by atomic mass is 19.1. The van der Waals surface area contributed by atoms with Crippen molar-refractivity contribution in [2.45, 2.75) is 6.92 Å². The minimum Gasteiger partial charge on any atom is -0.495 e. The van der Waals surface area contributed by atoms with Gasteiger partial charge in [-0.25, -0.2) is 4.39 Å². The second-order valence-electron chi connectivity index (χ2n) is 3.44. The van der Waals surface area contributed by atoms with E-state index in [-0.39, 0.29) is 5.82 Å². The highest BCUT2D eigenvalue weighted by Crippen LogP contribution is 2.30. The van der Waals surface area contributed by atoms with Crippen LogP contribution < -0.4 is 4.74 Å². The fraction of sp³-hybridized carbons (Fsp3) is 0.167. The molecule has 0 amide bonds. The van der Waals surface area contributed by atoms with Crippen molar-refractivity contribution in [2.24, 2.45) is 0 Å². The van der Waals surface area contributed by atoms with Crippen LogP contribution in [-0.2, 0) is 0 Å². The number of aromatic nitrogens is 1. The molecule has 0 fully saturated rings. The van der Waals surface area contributed by atoms with Gasteiger partial charge in [-0.1, -0.05) is 0 Å². The zero-order chi connectivity index (χ0) is 11.7. The Hall–Kier alpha value is -2.15. The zero-order valence-corrected chi connectivity index (χ0v) is 8.91. The standard InChI is InChI=1S/C12H9FN2O/c1-7-3-9(13)4-10-11(7)15-6-8(5-14)12(10)16-2/h3-4,6H,1-2H3. The van der Waals surface area contributed by atoms with Crippen molar-refractivity contribution in [1.29, 1.82) is 5.26 Å². The van der Waals surface area contributed by atoms with Crippen molar-refractivity contribution in [2.75, 3.05) is 7.11 Å². The van der Waals surface area contributed by atoms with E-state index in [0.717, 1.165) is 5.56 Å². The summed E-state index contributed by atoms with van der Waals surface area (Å²) in [6.45, 7) is 1.77. The number of nitriles is 1. The van der Waals surface area contributed by atoms with E-state index in [9.17, 15) is 4.39 Å². The molecule has 0 bridgehead atoms. The van der Waals surface area contributed by atoms with Gasteiger partial charge >= 0.3 is 0 Å². The van der Waals surface area contributed by atoms with Crippen molar-refractivity contribution in [3.8, 4) is 11.8 Å². The Morgan fingerprint density at radius 2 is 2.19 bits per heavy atom. The average molecular weight is 216 g/mol. The van der Waals surface area contributed by atoms with Gasteiger partial charge in [-0.15, -0.1) is 0 Å². The van der Waals surface area contributed by atoms with Gasteiger partial charge in [-0.2, -0.15) is 5.26 Å². The summed E-state index contributed by atoms with van der Waals surface area (Å²) in [4.78, 5) is 4.13. The van der Waals surface area contributed by atoms with Crippen LogP contribution in [0, 0.1) is 24.1 Å². The summed E-state index contributed by atoms with van der Waals surface area (Å²) in [5.74, 6) is 0.00953. The highest BCUT2D eigenvalue weighted by Gasteiger charge is 2.11. The number of aryl methyl sites for hydroxylation is 1. The number of fused-ring (bicyclic) bond motifs is 1. The molecule has 0 saturated carbocycles. The van der Waals surface area contributed by atoms with Gasteiger partial charge in [0.15, 0.2) is 0 Å². The Morgan fingerprint density at radius 3 is 2.81 bits per heavy atom. The predicted octanol–water partition coefficient (Wildman–Crippen LogP) is 2.56. The summed E-state index contributed by atoms with van der Waals surface area (Å²) in [5, 5.41) is 9.41. The van der Waals surface area contributed by atoms with Gasteiger partial charge in [0.2, 0.25) is 0 Å². The van der Waals surface area contributed by atoms with Gasteiger partial charge in [-0.3, -0.25) is 4.98 Å². The number of methoxy groups -OCH3 is 1. The summed E-state index contributed by atoms with van der Waals surface area (Å²) < 4.78 is 18.4. The van der Waals surface area contributed by atoms with Crippen molar-refractivity contribution in [3.05, 3.63) is 35.3 Å². The summed E-state index contributed by atoms with van der Waals surface area (Å²) >= 11 is 0. The Bertz CT molecular complexity index is 602. The minimum absolute atomic E-state index is 0.306. The lowest BCUT2D eigenvalue weighted by Crippen LogP contribution is -1.94. The Morgan fingerprint density at radius 1 is 1.44 bits per heavy atom. The molecule has 0 N–H and O–H groups in total. The first-order valence-corrected chi connectivity index (χ1v) is 4.70. The smallest absolute Gasteiger partial charge is 0.147 e. The zero-order valence-electron chi connectivity index (χ0n) is 8.91. The molecule has 0 aliphatic heterocycles. The molecule has 0 unspecified atom stereocenters. The van der Waals surface area contributed by atoms with Crippen molar-refractivity contribution >= 4 is 10.9 Å². The fourth-order valence-electron chi connectivity index (χ4n) is 1.71. The molecular formula is C12H9FN2O. The first-order valence-electron chi connectivity index (χ1n) is 4.70. The summed E-state index contributed by atoms with van der Waals surface area (Å²) in [6, 6.07) is 4.70. The Labute approximate surface area is 92.1 Å². The molecule has 2 aromatic rings. The van der Waals surface area contributed by atoms with E-state index >= 15 is 0 Å². The van der Waals surface area contributed by atoms with Gasteiger partial charge < -0.3 is 4.74 Å². The topological polar surface area (TPSA) is 45.9 Å². The lowest BCUT2D eigenvalue weighted by molar-refractivity contribution is 0.418. The lowest BCUT2D eigenvalue weighted by Gasteiger charge is -2.08. The molecule has 0 saturated heterocycles. The lowest BCUT2D eigenvalue weighted by atomic mass is 10.1. The van der Waals surface area contributed by atoms with Crippen LogP contribution in [0.15, 0.2) is 18.3 Å². The quantitative estimate of drug-likeness (QED) is 0.735. The molecule has 0 aliphatic rings. The second-order valence-corrected chi connectivity index (χ2v) is 3.44. The molecule has 0 atom stereocenters. The van der Waals surface area contributed by atoms with Gasteiger partial charge in [0.25, 0.3) is 0 Å². The second kappa shape index (κ2) is 3.78. The number of pyridine rings is 1. The van der Waals surface area contributed by atoms with E-state index in [0.29, 0.717) is 22.2 Å². The summed E-state index contributed by atoms with van der Waals surface area (Å²) in [6.07, 6.45) is 1.44. The van der Waals surface area contributed by atoms with Crippen LogP contribution in [0.4, 0.5) is 4.39 Å². The minimum atomic E-state index is -0.361. The number of ether oxygens (including phenoxy) is 1. The van der Waals surface area contributed by atoms with Crippen LogP contribution in [0.5, 0.6) is 5.75 Å². The van der Waals surface area contributed by atoms with Gasteiger partial charge in [0.05, 0.1) is 12.6 Å². The first-order chi connectivity index (χ1) is 7.67. The third kappa shape index (κ3) is 1.47. The van der Waals surface area contributed by atoms with E-state index < -0.39 is 0 Å². The molecule has 16 heavy (non-hydrogen) atoms. The SMILES string of the molecule is COc1c(C#N)cnc2c(C)cc(F)cc12. The number of rotatable bonds is 1. The number of nitrogens with zero attached hydrogens (tertiary/aromatic N) is 2. The van der Waals surface area contributed by atoms with Crippen molar-refractivity contribution < 1.29 is 9.13 Å². The normalized spacial score (nSPS) is 10.1. The molecule has 4 heteroatoms. The Kier molecular flexibility index (Phi) is 2.45. The van der Waals surface area contributed by atoms with Gasteiger partial charge in [0.1, 0.15) is 23.2 Å². The van der Waals surface area contributed by atoms with Crippen LogP contribution in [-0.4, -0.2) is 12.1 Å². The third-order valence-corrected chi connectivity index (χ3v) is 2.40. The largest absolute Gasteiger partial charge is 0.495 e. The van der Waals surface area contributed by atoms with Gasteiger partial charge in [-0.05, 0) is 24.6 Å². The monoisotopic (exact) mass is 216 g/mol. The molecule has 0 radical (unpaired) electrons. The molecule has 1 heterocycles. The molecule has 80 valence electrons. The first kappa shape index (κ1) is 10.4. The van der Waals surface area contributed by atoms with E-state index in [4.69, 9.17) is 10.00 Å². The molecule has 1 aromatic heterocycles. The van der Waals surface area contributed by atoms with Crippen LogP contribution >= 0.6 is 0 Å². The van der Waals surface area contributed by atoms with Crippen molar-refractivity contribution in [3.63, 3.8) is 0 Å².